The summed E-state index contributed by atoms with van der Waals surface area (Å²) in [5.41, 5.74) is 3.16. The summed E-state index contributed by atoms with van der Waals surface area (Å²) in [7, 11) is 1.53. The van der Waals surface area contributed by atoms with Crippen LogP contribution in [0.4, 0.5) is 0 Å². The van der Waals surface area contributed by atoms with E-state index in [9.17, 15) is 5.11 Å². The predicted octanol–water partition coefficient (Wildman–Crippen LogP) is 5.01. The number of rotatable bonds is 4. The van der Waals surface area contributed by atoms with Crippen molar-refractivity contribution in [2.75, 3.05) is 7.11 Å². The monoisotopic (exact) mass is 323 g/mol. The average molecular weight is 323 g/mol. The van der Waals surface area contributed by atoms with E-state index < -0.39 is 5.95 Å². The quantitative estimate of drug-likeness (QED) is 0.539. The Morgan fingerprint density at radius 2 is 2.04 bits per heavy atom. The lowest BCUT2D eigenvalue weighted by Gasteiger charge is -2.09. The number of aliphatic hydroxyl groups excluding tert-OH is 1. The smallest absolute Gasteiger partial charge is 0.430 e. The number of hydrogen-bond acceptors (Lipinski definition) is 5. The Bertz CT molecular complexity index is 967. The third-order valence-electron chi connectivity index (χ3n) is 3.54. The first kappa shape index (κ1) is 15.4. The van der Waals surface area contributed by atoms with Gasteiger partial charge in [0.05, 0.1) is 12.7 Å². The van der Waals surface area contributed by atoms with Crippen LogP contribution >= 0.6 is 0 Å². The van der Waals surface area contributed by atoms with Gasteiger partial charge in [0, 0.05) is 10.9 Å². The fraction of sp³-hybridized carbons (Fsp3) is 0.111. The summed E-state index contributed by atoms with van der Waals surface area (Å²) in [4.78, 5) is 2.74. The molecule has 0 amide bonds. The largest absolute Gasteiger partial charge is 0.475 e. The lowest BCUT2D eigenvalue weighted by molar-refractivity contribution is 0.209. The zero-order valence-electron chi connectivity index (χ0n) is 13.2. The summed E-state index contributed by atoms with van der Waals surface area (Å²) in [5, 5.41) is 19.0. The molecule has 2 aromatic carbocycles. The van der Waals surface area contributed by atoms with E-state index in [1.807, 2.05) is 37.3 Å². The molecule has 1 aromatic heterocycles. The fourth-order valence-electron chi connectivity index (χ4n) is 2.54. The first-order chi connectivity index (χ1) is 11.6. The standard InChI is InChI=1S/C18H14N2O4/c1-11-7-8-15-13(9-11)17(18(22-2)24-15)12-5-3-4-6-14(12)23-16(21)10-20-19/h3-10H,1-2H3/p+1/b16-10+. The van der Waals surface area contributed by atoms with Gasteiger partial charge in [0.15, 0.2) is 4.98 Å². The van der Waals surface area contributed by atoms with Crippen LogP contribution in [0.15, 0.2) is 59.0 Å². The lowest BCUT2D eigenvalue weighted by Crippen LogP contribution is -1.95. The van der Waals surface area contributed by atoms with Crippen LogP contribution < -0.4 is 9.47 Å². The number of ether oxygens (including phenoxy) is 2. The van der Waals surface area contributed by atoms with Crippen LogP contribution in [0.25, 0.3) is 27.1 Å². The number of nitrogens with zero attached hydrogens (tertiary/aromatic N) is 2. The summed E-state index contributed by atoms with van der Waals surface area (Å²) >= 11 is 0. The minimum absolute atomic E-state index is 0.349. The van der Waals surface area contributed by atoms with Gasteiger partial charge in [-0.2, -0.15) is 0 Å². The Kier molecular flexibility index (Phi) is 4.08. The van der Waals surface area contributed by atoms with Crippen molar-refractivity contribution in [2.24, 2.45) is 0 Å². The van der Waals surface area contributed by atoms with E-state index in [1.165, 1.54) is 7.11 Å². The first-order valence-electron chi connectivity index (χ1n) is 7.21. The van der Waals surface area contributed by atoms with Crippen molar-refractivity contribution >= 4 is 11.0 Å². The molecule has 0 atom stereocenters. The number of methoxy groups -OCH3 is 1. The van der Waals surface area contributed by atoms with E-state index in [0.29, 0.717) is 22.8 Å². The number of hydrogen-bond donors (Lipinski definition) is 1. The van der Waals surface area contributed by atoms with Gasteiger partial charge in [-0.15, -0.1) is 0 Å². The number of para-hydroxylation sites is 1. The number of aliphatic hydroxyl groups is 1. The molecule has 0 saturated carbocycles. The third kappa shape index (κ3) is 2.75. The molecule has 0 aliphatic carbocycles. The summed E-state index contributed by atoms with van der Waals surface area (Å²) in [6, 6.07) is 12.9. The zero-order valence-corrected chi connectivity index (χ0v) is 13.2. The summed E-state index contributed by atoms with van der Waals surface area (Å²) in [5.74, 6) is 0.187. The Hall–Kier alpha value is -3.46. The van der Waals surface area contributed by atoms with Gasteiger partial charge in [0.2, 0.25) is 5.39 Å². The second kappa shape index (κ2) is 6.34. The maximum Gasteiger partial charge on any atom is 0.430 e. The van der Waals surface area contributed by atoms with Gasteiger partial charge in [0.25, 0.3) is 5.95 Å². The number of diazo groups is 1. The highest BCUT2D eigenvalue weighted by molar-refractivity contribution is 5.99. The summed E-state index contributed by atoms with van der Waals surface area (Å²) in [6.07, 6.45) is 0.797. The molecule has 0 aliphatic heterocycles. The van der Waals surface area contributed by atoms with E-state index in [-0.39, 0.29) is 0 Å². The molecule has 1 N–H and O–H groups in total. The lowest BCUT2D eigenvalue weighted by atomic mass is 10.0. The number of aryl methyl sites for hydroxylation is 1. The molecule has 0 spiro atoms. The van der Waals surface area contributed by atoms with E-state index in [4.69, 9.17) is 19.3 Å². The predicted molar refractivity (Wildman–Crippen MR) is 89.4 cm³/mol. The van der Waals surface area contributed by atoms with Crippen molar-refractivity contribution in [2.45, 2.75) is 6.92 Å². The number of benzene rings is 2. The van der Waals surface area contributed by atoms with Crippen LogP contribution in [-0.4, -0.2) is 12.2 Å². The summed E-state index contributed by atoms with van der Waals surface area (Å²) < 4.78 is 16.5. The molecular formula is C18H15N2O4+. The third-order valence-corrected chi connectivity index (χ3v) is 3.54. The summed E-state index contributed by atoms with van der Waals surface area (Å²) in [6.45, 7) is 1.99. The Morgan fingerprint density at radius 1 is 1.25 bits per heavy atom. The highest BCUT2D eigenvalue weighted by Gasteiger charge is 2.21. The SMILES string of the molecule is COc1oc2ccc(C)cc2c1-c1ccccc1O/C(O)=C/[N+]#N. The minimum Gasteiger partial charge on any atom is -0.475 e. The Morgan fingerprint density at radius 3 is 2.79 bits per heavy atom. The minimum atomic E-state index is -0.534. The van der Waals surface area contributed by atoms with Crippen molar-refractivity contribution in [3.63, 3.8) is 0 Å². The van der Waals surface area contributed by atoms with Crippen molar-refractivity contribution in [1.29, 1.82) is 5.39 Å². The van der Waals surface area contributed by atoms with Crippen molar-refractivity contribution in [3.05, 3.63) is 65.1 Å². The highest BCUT2D eigenvalue weighted by atomic mass is 16.6. The molecule has 0 aliphatic rings. The second-order valence-corrected chi connectivity index (χ2v) is 5.15. The molecule has 6 heteroatoms. The maximum absolute atomic E-state index is 9.64. The van der Waals surface area contributed by atoms with E-state index in [1.54, 1.807) is 12.1 Å². The van der Waals surface area contributed by atoms with Crippen LogP contribution in [0.1, 0.15) is 5.56 Å². The van der Waals surface area contributed by atoms with Crippen LogP contribution in [0.5, 0.6) is 11.7 Å². The van der Waals surface area contributed by atoms with Gasteiger partial charge in [-0.1, -0.05) is 29.8 Å². The zero-order chi connectivity index (χ0) is 17.1. The molecule has 0 saturated heterocycles. The van der Waals surface area contributed by atoms with Crippen molar-refractivity contribution in [1.82, 2.24) is 0 Å². The van der Waals surface area contributed by atoms with E-state index >= 15 is 0 Å². The first-order valence-corrected chi connectivity index (χ1v) is 7.21. The van der Waals surface area contributed by atoms with Crippen LogP contribution in [0.3, 0.4) is 0 Å². The molecule has 6 nitrogen and oxygen atoms in total. The van der Waals surface area contributed by atoms with Gasteiger partial charge in [0.1, 0.15) is 11.3 Å². The van der Waals surface area contributed by atoms with Crippen molar-refractivity contribution < 1.29 is 19.0 Å². The van der Waals surface area contributed by atoms with Gasteiger partial charge < -0.3 is 19.0 Å². The highest BCUT2D eigenvalue weighted by Crippen LogP contribution is 2.44. The molecule has 3 rings (SSSR count). The van der Waals surface area contributed by atoms with Crippen LogP contribution in [0.2, 0.25) is 0 Å². The van der Waals surface area contributed by atoms with Crippen LogP contribution in [-0.2, 0) is 0 Å². The Balaban J connectivity index is 2.23. The molecular weight excluding hydrogens is 308 g/mol. The second-order valence-electron chi connectivity index (χ2n) is 5.15. The van der Waals surface area contributed by atoms with E-state index in [2.05, 4.69) is 4.98 Å². The average Bonchev–Trinajstić information content (AvgIpc) is 2.93. The fourth-order valence-corrected chi connectivity index (χ4v) is 2.54. The maximum atomic E-state index is 9.64. The molecule has 0 radical (unpaired) electrons. The Labute approximate surface area is 138 Å². The molecule has 24 heavy (non-hydrogen) atoms. The van der Waals surface area contributed by atoms with E-state index in [0.717, 1.165) is 22.7 Å². The van der Waals surface area contributed by atoms with Crippen LogP contribution in [0, 0.1) is 12.3 Å². The molecule has 0 bridgehead atoms. The van der Waals surface area contributed by atoms with Crippen molar-refractivity contribution in [3.8, 4) is 22.8 Å². The number of furan rings is 1. The number of fused-ring (bicyclic) bond motifs is 1. The molecule has 1 heterocycles. The normalized spacial score (nSPS) is 11.3. The molecule has 0 unspecified atom stereocenters. The van der Waals surface area contributed by atoms with Gasteiger partial charge >= 0.3 is 12.1 Å². The molecule has 0 fully saturated rings. The van der Waals surface area contributed by atoms with Gasteiger partial charge in [-0.3, -0.25) is 0 Å². The van der Waals surface area contributed by atoms with Gasteiger partial charge in [-0.05, 0) is 25.1 Å². The molecule has 120 valence electrons. The van der Waals surface area contributed by atoms with Gasteiger partial charge in [-0.25, -0.2) is 0 Å². The topological polar surface area (TPSA) is 80.0 Å². The molecule has 3 aromatic rings.